The summed E-state index contributed by atoms with van der Waals surface area (Å²) in [4.78, 5) is 11.0. The number of hydrogen-bond acceptors (Lipinski definition) is 7. The summed E-state index contributed by atoms with van der Waals surface area (Å²) >= 11 is 0. The molecule has 29 heavy (non-hydrogen) atoms. The van der Waals surface area contributed by atoms with Gasteiger partial charge in [0.05, 0.1) is 40.7 Å². The molecule has 0 bridgehead atoms. The fraction of sp³-hybridized carbons (Fsp3) is 0.955. The molecule has 3 heterocycles. The van der Waals surface area contributed by atoms with Gasteiger partial charge in [-0.2, -0.15) is 0 Å². The van der Waals surface area contributed by atoms with E-state index >= 15 is 0 Å². The van der Waals surface area contributed by atoms with Crippen molar-refractivity contribution < 1.29 is 34.0 Å². The average Bonchev–Trinajstić information content (AvgIpc) is 3.31. The number of aliphatic hydroxyl groups excluding tert-OH is 1. The van der Waals surface area contributed by atoms with Crippen molar-refractivity contribution in [2.45, 2.75) is 127 Å². The Morgan fingerprint density at radius 3 is 2.17 bits per heavy atom. The van der Waals surface area contributed by atoms with E-state index in [1.54, 1.807) is 13.8 Å². The van der Waals surface area contributed by atoms with Gasteiger partial charge in [-0.25, -0.2) is 0 Å². The molecule has 3 rings (SSSR count). The van der Waals surface area contributed by atoms with E-state index in [1.165, 1.54) is 6.92 Å². The fourth-order valence-corrected chi connectivity index (χ4v) is 5.03. The molecular weight excluding hydrogens is 376 g/mol. The lowest BCUT2D eigenvalue weighted by Gasteiger charge is -2.38. The van der Waals surface area contributed by atoms with Crippen LogP contribution in [-0.4, -0.2) is 69.6 Å². The molecule has 0 aliphatic carbocycles. The minimum absolute atomic E-state index is 0.0544. The Morgan fingerprint density at radius 2 is 1.59 bits per heavy atom. The Balaban J connectivity index is 1.61. The van der Waals surface area contributed by atoms with Crippen molar-refractivity contribution in [2.24, 2.45) is 0 Å². The summed E-state index contributed by atoms with van der Waals surface area (Å²) in [6, 6.07) is 0. The number of carbonyl (C=O) groups excluding carboxylic acids is 1. The molecule has 3 aliphatic heterocycles. The first-order valence-electron chi connectivity index (χ1n) is 10.8. The largest absolute Gasteiger partial charge is 0.463 e. The Labute approximate surface area is 174 Å². The zero-order chi connectivity index (χ0) is 21.7. The van der Waals surface area contributed by atoms with Crippen LogP contribution in [0.2, 0.25) is 0 Å². The first kappa shape index (κ1) is 22.9. The molecule has 2 N–H and O–H groups in total. The van der Waals surface area contributed by atoms with E-state index in [-0.39, 0.29) is 24.9 Å². The molecule has 168 valence electrons. The summed E-state index contributed by atoms with van der Waals surface area (Å²) in [5.41, 5.74) is -2.50. The maximum absolute atomic E-state index is 11.0. The SMILES string of the molecule is CC(=O)OC[C@@H](O)[C@@]1(C)CC[C@H]([C@@]2(C)CC[C@@H]([C@]3(C)CC[C@H](C(C)(C)O)O3)O2)O1. The molecule has 3 fully saturated rings. The molecule has 7 nitrogen and oxygen atoms in total. The van der Waals surface area contributed by atoms with E-state index in [0.29, 0.717) is 6.42 Å². The van der Waals surface area contributed by atoms with Crippen molar-refractivity contribution in [1.29, 1.82) is 0 Å². The molecule has 0 aromatic rings. The predicted octanol–water partition coefficient (Wildman–Crippen LogP) is 2.49. The van der Waals surface area contributed by atoms with Crippen LogP contribution < -0.4 is 0 Å². The van der Waals surface area contributed by atoms with Crippen LogP contribution in [0.25, 0.3) is 0 Å². The van der Waals surface area contributed by atoms with Crippen molar-refractivity contribution >= 4 is 5.97 Å². The van der Waals surface area contributed by atoms with Crippen molar-refractivity contribution in [3.8, 4) is 0 Å². The standard InChI is InChI=1S/C22H38O7/c1-14(23)26-13-15(24)20(4)10-8-17(28-20)22(6)12-9-18(29-22)21(5)11-7-16(27-21)19(2,3)25/h15-18,24-25H,7-13H2,1-6H3/t15-,16-,17-,18+,20-,21+,22-/m1/s1. The molecule has 0 radical (unpaired) electrons. The van der Waals surface area contributed by atoms with Crippen LogP contribution in [0.15, 0.2) is 0 Å². The van der Waals surface area contributed by atoms with Gasteiger partial charge >= 0.3 is 5.97 Å². The Morgan fingerprint density at radius 1 is 1.03 bits per heavy atom. The van der Waals surface area contributed by atoms with Gasteiger partial charge in [0.15, 0.2) is 0 Å². The van der Waals surface area contributed by atoms with Crippen LogP contribution in [0.5, 0.6) is 0 Å². The second kappa shape index (κ2) is 7.75. The van der Waals surface area contributed by atoms with Crippen LogP contribution in [-0.2, 0) is 23.7 Å². The quantitative estimate of drug-likeness (QED) is 0.645. The van der Waals surface area contributed by atoms with Crippen molar-refractivity contribution in [3.63, 3.8) is 0 Å². The first-order valence-corrected chi connectivity index (χ1v) is 10.8. The highest BCUT2D eigenvalue weighted by Crippen LogP contribution is 2.49. The topological polar surface area (TPSA) is 94.5 Å². The number of ether oxygens (including phenoxy) is 4. The van der Waals surface area contributed by atoms with E-state index in [4.69, 9.17) is 18.9 Å². The summed E-state index contributed by atoms with van der Waals surface area (Å²) in [7, 11) is 0. The van der Waals surface area contributed by atoms with Gasteiger partial charge in [-0.1, -0.05) is 0 Å². The average molecular weight is 415 g/mol. The third-order valence-corrected chi connectivity index (χ3v) is 7.24. The molecule has 0 aromatic heterocycles. The fourth-order valence-electron chi connectivity index (χ4n) is 5.03. The molecule has 7 heteroatoms. The van der Waals surface area contributed by atoms with E-state index in [1.807, 2.05) is 6.92 Å². The van der Waals surface area contributed by atoms with Gasteiger partial charge in [0, 0.05) is 6.92 Å². The van der Waals surface area contributed by atoms with Crippen molar-refractivity contribution in [2.75, 3.05) is 6.61 Å². The Kier molecular flexibility index (Phi) is 6.13. The molecule has 0 aromatic carbocycles. The molecular formula is C22H38O7. The van der Waals surface area contributed by atoms with Crippen LogP contribution >= 0.6 is 0 Å². The normalized spacial score (nSPS) is 44.2. The number of hydrogen-bond donors (Lipinski definition) is 2. The highest BCUT2D eigenvalue weighted by atomic mass is 16.6. The summed E-state index contributed by atoms with van der Waals surface area (Å²) in [6.45, 7) is 10.9. The zero-order valence-corrected chi connectivity index (χ0v) is 18.7. The van der Waals surface area contributed by atoms with Crippen LogP contribution in [0, 0.1) is 0 Å². The minimum Gasteiger partial charge on any atom is -0.463 e. The molecule has 0 unspecified atom stereocenters. The maximum Gasteiger partial charge on any atom is 0.302 e. The number of aliphatic hydroxyl groups is 2. The van der Waals surface area contributed by atoms with E-state index in [9.17, 15) is 15.0 Å². The van der Waals surface area contributed by atoms with Crippen LogP contribution in [0.1, 0.15) is 80.1 Å². The number of esters is 1. The van der Waals surface area contributed by atoms with E-state index in [2.05, 4.69) is 13.8 Å². The number of rotatable bonds is 6. The van der Waals surface area contributed by atoms with Crippen LogP contribution in [0.4, 0.5) is 0 Å². The van der Waals surface area contributed by atoms with Gasteiger partial charge in [-0.05, 0) is 73.1 Å². The Bertz CT molecular complexity index is 617. The minimum atomic E-state index is -0.875. The monoisotopic (exact) mass is 414 g/mol. The van der Waals surface area contributed by atoms with Gasteiger partial charge < -0.3 is 29.2 Å². The molecule has 3 saturated heterocycles. The number of carbonyl (C=O) groups is 1. The predicted molar refractivity (Wildman–Crippen MR) is 106 cm³/mol. The summed E-state index contributed by atoms with van der Waals surface area (Å²) in [6.07, 6.45) is 3.59. The van der Waals surface area contributed by atoms with E-state index < -0.39 is 34.5 Å². The third kappa shape index (κ3) is 4.64. The second-order valence-electron chi connectivity index (χ2n) is 10.3. The lowest BCUT2D eigenvalue weighted by molar-refractivity contribution is -0.209. The summed E-state index contributed by atoms with van der Waals surface area (Å²) in [5, 5.41) is 20.8. The highest BCUT2D eigenvalue weighted by Gasteiger charge is 2.56. The molecule has 0 amide bonds. The van der Waals surface area contributed by atoms with Crippen molar-refractivity contribution in [1.82, 2.24) is 0 Å². The molecule has 7 atom stereocenters. The third-order valence-electron chi connectivity index (χ3n) is 7.24. The van der Waals surface area contributed by atoms with Crippen LogP contribution in [0.3, 0.4) is 0 Å². The maximum atomic E-state index is 11.0. The van der Waals surface area contributed by atoms with Gasteiger partial charge in [0.25, 0.3) is 0 Å². The van der Waals surface area contributed by atoms with Crippen molar-refractivity contribution in [3.05, 3.63) is 0 Å². The first-order chi connectivity index (χ1) is 13.3. The lowest BCUT2D eigenvalue weighted by Crippen LogP contribution is -2.48. The Hall–Kier alpha value is -0.730. The zero-order valence-electron chi connectivity index (χ0n) is 18.7. The molecule has 0 spiro atoms. The molecule has 0 saturated carbocycles. The van der Waals surface area contributed by atoms with Gasteiger partial charge in [0.2, 0.25) is 0 Å². The molecule has 3 aliphatic rings. The van der Waals surface area contributed by atoms with Gasteiger partial charge in [-0.15, -0.1) is 0 Å². The van der Waals surface area contributed by atoms with E-state index in [0.717, 1.165) is 32.1 Å². The summed E-state index contributed by atoms with van der Waals surface area (Å²) in [5.74, 6) is -0.412. The highest BCUT2D eigenvalue weighted by molar-refractivity contribution is 5.65. The van der Waals surface area contributed by atoms with Gasteiger partial charge in [0.1, 0.15) is 12.7 Å². The lowest BCUT2D eigenvalue weighted by atomic mass is 9.89. The smallest absolute Gasteiger partial charge is 0.302 e. The summed E-state index contributed by atoms with van der Waals surface area (Å²) < 4.78 is 24.1. The second-order valence-corrected chi connectivity index (χ2v) is 10.3. The van der Waals surface area contributed by atoms with Gasteiger partial charge in [-0.3, -0.25) is 4.79 Å².